The Hall–Kier alpha value is -1.39. The quantitative estimate of drug-likeness (QED) is 0.459. The van der Waals surface area contributed by atoms with E-state index < -0.39 is 6.09 Å². The average Bonchev–Trinajstić information content (AvgIpc) is 2.45. The summed E-state index contributed by atoms with van der Waals surface area (Å²) >= 11 is 0. The Labute approximate surface area is 70.5 Å². The Kier molecular flexibility index (Phi) is 2.42. The summed E-state index contributed by atoms with van der Waals surface area (Å²) in [6.45, 7) is 1.96. The first-order chi connectivity index (χ1) is 5.70. The molecule has 1 heterocycles. The predicted octanol–water partition coefficient (Wildman–Crippen LogP) is 0.505. The van der Waals surface area contributed by atoms with Gasteiger partial charge in [0.15, 0.2) is 0 Å². The lowest BCUT2D eigenvalue weighted by molar-refractivity contribution is 0.168. The van der Waals surface area contributed by atoms with E-state index in [0.717, 1.165) is 0 Å². The van der Waals surface area contributed by atoms with E-state index in [-0.39, 0.29) is 12.6 Å². The molecule has 1 aliphatic heterocycles. The second-order valence-corrected chi connectivity index (χ2v) is 2.45. The molecule has 0 aromatic heterocycles. The largest absolute Gasteiger partial charge is 0.446 e. The summed E-state index contributed by atoms with van der Waals surface area (Å²) < 4.78 is 4.75. The van der Waals surface area contributed by atoms with Gasteiger partial charge in [-0.25, -0.2) is 4.79 Å². The van der Waals surface area contributed by atoms with Crippen molar-refractivity contribution >= 4 is 18.1 Å². The molecule has 0 aromatic carbocycles. The fourth-order valence-electron chi connectivity index (χ4n) is 1.04. The molecule has 1 saturated heterocycles. The van der Waals surface area contributed by atoms with Crippen LogP contribution in [-0.2, 0) is 4.74 Å². The number of nitrogens with zero attached hydrogens (tertiary/aromatic N) is 2. The smallest absolute Gasteiger partial charge is 0.416 e. The van der Waals surface area contributed by atoms with E-state index in [4.69, 9.17) is 10.1 Å². The first-order valence-corrected chi connectivity index (χ1v) is 3.60. The molecule has 0 aliphatic carbocycles. The predicted molar refractivity (Wildman–Crippen MR) is 44.8 cm³/mol. The van der Waals surface area contributed by atoms with Crippen LogP contribution in [0.1, 0.15) is 6.92 Å². The Morgan fingerprint density at radius 2 is 2.58 bits per heavy atom. The van der Waals surface area contributed by atoms with Crippen LogP contribution in [0.4, 0.5) is 4.79 Å². The number of rotatable bonds is 1. The summed E-state index contributed by atoms with van der Waals surface area (Å²) in [5.41, 5.74) is 0. The maximum Gasteiger partial charge on any atom is 0.416 e. The summed E-state index contributed by atoms with van der Waals surface area (Å²) in [6, 6.07) is -0.291. The molecular weight excluding hydrogens is 158 g/mol. The van der Waals surface area contributed by atoms with E-state index in [1.807, 2.05) is 0 Å². The van der Waals surface area contributed by atoms with Gasteiger partial charge in [0, 0.05) is 13.3 Å². The topological polar surface area (TPSA) is 65.8 Å². The fourth-order valence-corrected chi connectivity index (χ4v) is 1.04. The normalized spacial score (nSPS) is 24.2. The number of aliphatic imine (C=N–C) groups is 1. The number of cyclic esters (lactones) is 1. The molecule has 12 heavy (non-hydrogen) atoms. The molecule has 1 atom stereocenters. The molecule has 0 radical (unpaired) electrons. The number of hydrogen-bond acceptors (Lipinski definition) is 4. The van der Waals surface area contributed by atoms with Crippen LogP contribution in [-0.4, -0.2) is 42.7 Å². The third-order valence-electron chi connectivity index (χ3n) is 1.77. The van der Waals surface area contributed by atoms with Gasteiger partial charge in [0.2, 0.25) is 0 Å². The monoisotopic (exact) mass is 169 g/mol. The second kappa shape index (κ2) is 3.34. The van der Waals surface area contributed by atoms with Gasteiger partial charge in [0.25, 0.3) is 0 Å². The number of carbonyl (C=O) groups is 1. The highest BCUT2D eigenvalue weighted by molar-refractivity contribution is 5.98. The van der Waals surface area contributed by atoms with Crippen LogP contribution >= 0.6 is 0 Å². The molecule has 5 heteroatoms. The zero-order chi connectivity index (χ0) is 9.14. The third kappa shape index (κ3) is 1.30. The first-order valence-electron chi connectivity index (χ1n) is 3.60. The van der Waals surface area contributed by atoms with Crippen molar-refractivity contribution in [1.29, 1.82) is 5.41 Å². The number of carbonyl (C=O) groups excluding carboxylic acids is 1. The number of amides is 1. The molecule has 5 nitrogen and oxygen atoms in total. The molecule has 1 unspecified atom stereocenters. The van der Waals surface area contributed by atoms with E-state index in [1.54, 1.807) is 14.0 Å². The van der Waals surface area contributed by atoms with E-state index in [2.05, 4.69) is 4.99 Å². The van der Waals surface area contributed by atoms with Gasteiger partial charge >= 0.3 is 6.09 Å². The SMILES string of the molecule is CN=C(C)N1C(=O)OCC1C=N. The maximum absolute atomic E-state index is 11.1. The fraction of sp³-hybridized carbons (Fsp3) is 0.571. The molecule has 1 aliphatic rings. The van der Waals surface area contributed by atoms with Gasteiger partial charge in [-0.1, -0.05) is 0 Å². The van der Waals surface area contributed by atoms with Crippen molar-refractivity contribution < 1.29 is 9.53 Å². The van der Waals surface area contributed by atoms with Crippen LogP contribution in [0.2, 0.25) is 0 Å². The van der Waals surface area contributed by atoms with Crippen LogP contribution in [0.5, 0.6) is 0 Å². The van der Waals surface area contributed by atoms with Gasteiger partial charge in [-0.05, 0) is 6.92 Å². The summed E-state index contributed by atoms with van der Waals surface area (Å²) in [5, 5.41) is 7.03. The van der Waals surface area contributed by atoms with Gasteiger partial charge in [0.05, 0.1) is 0 Å². The summed E-state index contributed by atoms with van der Waals surface area (Å²) in [6.07, 6.45) is 0.756. The summed E-state index contributed by atoms with van der Waals surface area (Å²) in [4.78, 5) is 16.3. The maximum atomic E-state index is 11.1. The van der Waals surface area contributed by atoms with Crippen molar-refractivity contribution in [3.05, 3.63) is 0 Å². The molecular formula is C7H11N3O2. The number of amidine groups is 1. The standard InChI is InChI=1S/C7H11N3O2/c1-5(9-2)10-6(3-8)4-12-7(10)11/h3,6,8H,4H2,1-2H3. The first kappa shape index (κ1) is 8.70. The van der Waals surface area contributed by atoms with E-state index in [0.29, 0.717) is 5.84 Å². The van der Waals surface area contributed by atoms with E-state index in [1.165, 1.54) is 11.1 Å². The van der Waals surface area contributed by atoms with Crippen molar-refractivity contribution in [3.8, 4) is 0 Å². The zero-order valence-electron chi connectivity index (χ0n) is 7.07. The van der Waals surface area contributed by atoms with Gasteiger partial charge in [-0.15, -0.1) is 0 Å². The molecule has 1 N–H and O–H groups in total. The van der Waals surface area contributed by atoms with Crippen molar-refractivity contribution in [2.75, 3.05) is 13.7 Å². The Balaban J connectivity index is 2.84. The summed E-state index contributed by atoms with van der Waals surface area (Å²) in [7, 11) is 1.60. The minimum Gasteiger partial charge on any atom is -0.446 e. The minimum absolute atomic E-state index is 0.245. The van der Waals surface area contributed by atoms with Gasteiger partial charge in [0.1, 0.15) is 18.5 Å². The van der Waals surface area contributed by atoms with Crippen molar-refractivity contribution in [3.63, 3.8) is 0 Å². The van der Waals surface area contributed by atoms with Crippen molar-refractivity contribution in [2.45, 2.75) is 13.0 Å². The highest BCUT2D eigenvalue weighted by Gasteiger charge is 2.33. The zero-order valence-corrected chi connectivity index (χ0v) is 7.07. The summed E-state index contributed by atoms with van der Waals surface area (Å²) in [5.74, 6) is 0.575. The molecule has 0 bridgehead atoms. The molecule has 0 aromatic rings. The third-order valence-corrected chi connectivity index (χ3v) is 1.77. The minimum atomic E-state index is -0.424. The molecule has 1 amide bonds. The number of nitrogens with one attached hydrogen (secondary N) is 1. The number of ether oxygens (including phenoxy) is 1. The molecule has 0 saturated carbocycles. The average molecular weight is 169 g/mol. The van der Waals surface area contributed by atoms with Gasteiger partial charge in [-0.2, -0.15) is 0 Å². The van der Waals surface area contributed by atoms with Crippen molar-refractivity contribution in [2.24, 2.45) is 4.99 Å². The Morgan fingerprint density at radius 1 is 1.92 bits per heavy atom. The van der Waals surface area contributed by atoms with Crippen molar-refractivity contribution in [1.82, 2.24) is 4.90 Å². The molecule has 0 spiro atoms. The van der Waals surface area contributed by atoms with Gasteiger partial charge in [-0.3, -0.25) is 9.89 Å². The lowest BCUT2D eigenvalue weighted by Crippen LogP contribution is -2.38. The Bertz CT molecular complexity index is 237. The van der Waals surface area contributed by atoms with Crippen LogP contribution in [0.25, 0.3) is 0 Å². The van der Waals surface area contributed by atoms with Crippen LogP contribution < -0.4 is 0 Å². The van der Waals surface area contributed by atoms with Crippen LogP contribution in [0.15, 0.2) is 4.99 Å². The highest BCUT2D eigenvalue weighted by Crippen LogP contribution is 2.11. The Morgan fingerprint density at radius 3 is 3.08 bits per heavy atom. The van der Waals surface area contributed by atoms with E-state index in [9.17, 15) is 4.79 Å². The van der Waals surface area contributed by atoms with Crippen LogP contribution in [0.3, 0.4) is 0 Å². The molecule has 1 rings (SSSR count). The van der Waals surface area contributed by atoms with Gasteiger partial charge < -0.3 is 10.1 Å². The van der Waals surface area contributed by atoms with E-state index >= 15 is 0 Å². The number of hydrogen-bond donors (Lipinski definition) is 1. The lowest BCUT2D eigenvalue weighted by atomic mass is 10.3. The molecule has 1 fully saturated rings. The lowest BCUT2D eigenvalue weighted by Gasteiger charge is -2.16. The molecule has 66 valence electrons. The highest BCUT2D eigenvalue weighted by atomic mass is 16.6. The van der Waals surface area contributed by atoms with Crippen LogP contribution in [0, 0.1) is 5.41 Å². The second-order valence-electron chi connectivity index (χ2n) is 2.45.